The standard InChI is InChI=1S/C25H27FN2O4S/c1-4-18-7-6-8-19(5-2)25(18)27-24(29)17-32-22-13-11-21(12-14-22)28(3)33(30,31)23-15-9-20(26)10-16-23/h6-16H,4-5,17H2,1-3H3,(H,27,29). The molecule has 0 radical (unpaired) electrons. The van der Waals surface area contributed by atoms with Crippen molar-refractivity contribution >= 4 is 27.3 Å². The third-order valence-electron chi connectivity index (χ3n) is 5.31. The highest BCUT2D eigenvalue weighted by atomic mass is 32.2. The highest BCUT2D eigenvalue weighted by Crippen LogP contribution is 2.25. The summed E-state index contributed by atoms with van der Waals surface area (Å²) in [4.78, 5) is 12.4. The number of ether oxygens (including phenoxy) is 1. The largest absolute Gasteiger partial charge is 0.484 e. The maximum Gasteiger partial charge on any atom is 0.264 e. The van der Waals surface area contributed by atoms with Gasteiger partial charge in [-0.25, -0.2) is 12.8 Å². The number of amides is 1. The fraction of sp³-hybridized carbons (Fsp3) is 0.240. The predicted molar refractivity (Wildman–Crippen MR) is 128 cm³/mol. The van der Waals surface area contributed by atoms with Crippen molar-refractivity contribution < 1.29 is 22.3 Å². The van der Waals surface area contributed by atoms with Crippen molar-refractivity contribution in [3.63, 3.8) is 0 Å². The average Bonchev–Trinajstić information content (AvgIpc) is 2.83. The molecule has 0 fully saturated rings. The van der Waals surface area contributed by atoms with Crippen molar-refractivity contribution in [1.29, 1.82) is 0 Å². The SMILES string of the molecule is CCc1cccc(CC)c1NC(=O)COc1ccc(N(C)S(=O)(=O)c2ccc(F)cc2)cc1. The second-order valence-corrected chi connectivity index (χ2v) is 9.38. The van der Waals surface area contributed by atoms with Crippen LogP contribution in [0, 0.1) is 5.82 Å². The normalized spacial score (nSPS) is 11.2. The van der Waals surface area contributed by atoms with Gasteiger partial charge in [-0.1, -0.05) is 32.0 Å². The Balaban J connectivity index is 1.64. The molecule has 3 aromatic carbocycles. The van der Waals surface area contributed by atoms with Gasteiger partial charge in [0.1, 0.15) is 11.6 Å². The van der Waals surface area contributed by atoms with Crippen LogP contribution < -0.4 is 14.4 Å². The van der Waals surface area contributed by atoms with Crippen LogP contribution in [0.4, 0.5) is 15.8 Å². The topological polar surface area (TPSA) is 75.7 Å². The Labute approximate surface area is 194 Å². The minimum absolute atomic E-state index is 0.0118. The highest BCUT2D eigenvalue weighted by Gasteiger charge is 2.21. The number of rotatable bonds is 9. The first-order valence-corrected chi connectivity index (χ1v) is 12.1. The quantitative estimate of drug-likeness (QED) is 0.488. The smallest absolute Gasteiger partial charge is 0.264 e. The van der Waals surface area contributed by atoms with Crippen molar-refractivity contribution in [1.82, 2.24) is 0 Å². The van der Waals surface area contributed by atoms with Crippen molar-refractivity contribution in [3.05, 3.63) is 83.7 Å². The van der Waals surface area contributed by atoms with Gasteiger partial charge in [0.15, 0.2) is 6.61 Å². The van der Waals surface area contributed by atoms with Crippen LogP contribution in [0.5, 0.6) is 5.75 Å². The van der Waals surface area contributed by atoms with Crippen LogP contribution in [0.2, 0.25) is 0 Å². The second-order valence-electron chi connectivity index (χ2n) is 7.42. The fourth-order valence-corrected chi connectivity index (χ4v) is 4.58. The van der Waals surface area contributed by atoms with Crippen LogP contribution in [0.15, 0.2) is 71.6 Å². The van der Waals surface area contributed by atoms with Gasteiger partial charge in [0, 0.05) is 12.7 Å². The molecule has 0 saturated carbocycles. The molecule has 174 valence electrons. The zero-order chi connectivity index (χ0) is 24.0. The first-order valence-electron chi connectivity index (χ1n) is 10.6. The third-order valence-corrected chi connectivity index (χ3v) is 7.11. The summed E-state index contributed by atoms with van der Waals surface area (Å²) in [7, 11) is -2.42. The summed E-state index contributed by atoms with van der Waals surface area (Å²) >= 11 is 0. The molecule has 0 spiro atoms. The summed E-state index contributed by atoms with van der Waals surface area (Å²) in [6, 6.07) is 17.0. The van der Waals surface area contributed by atoms with Gasteiger partial charge in [0.25, 0.3) is 15.9 Å². The van der Waals surface area contributed by atoms with E-state index in [1.54, 1.807) is 24.3 Å². The molecule has 6 nitrogen and oxygen atoms in total. The number of hydrogen-bond donors (Lipinski definition) is 1. The van der Waals surface area contributed by atoms with E-state index in [1.807, 2.05) is 32.0 Å². The number of benzene rings is 3. The van der Waals surface area contributed by atoms with Crippen molar-refractivity contribution in [2.45, 2.75) is 31.6 Å². The van der Waals surface area contributed by atoms with Crippen LogP contribution in [-0.4, -0.2) is 28.0 Å². The minimum atomic E-state index is -3.83. The van der Waals surface area contributed by atoms with E-state index < -0.39 is 15.8 Å². The van der Waals surface area contributed by atoms with Crippen LogP contribution in [-0.2, 0) is 27.7 Å². The Kier molecular flexibility index (Phi) is 7.71. The van der Waals surface area contributed by atoms with Crippen molar-refractivity contribution in [3.8, 4) is 5.75 Å². The lowest BCUT2D eigenvalue weighted by atomic mass is 10.0. The molecule has 0 bridgehead atoms. The summed E-state index contributed by atoms with van der Waals surface area (Å²) in [5, 5.41) is 2.94. The van der Waals surface area contributed by atoms with Crippen molar-refractivity contribution in [2.24, 2.45) is 0 Å². The van der Waals surface area contributed by atoms with E-state index in [2.05, 4.69) is 5.32 Å². The second kappa shape index (κ2) is 10.5. The lowest BCUT2D eigenvalue weighted by Gasteiger charge is -2.20. The van der Waals surface area contributed by atoms with Gasteiger partial charge in [-0.2, -0.15) is 0 Å². The first-order chi connectivity index (χ1) is 15.8. The summed E-state index contributed by atoms with van der Waals surface area (Å²) < 4.78 is 45.3. The number of hydrogen-bond acceptors (Lipinski definition) is 4. The minimum Gasteiger partial charge on any atom is -0.484 e. The van der Waals surface area contributed by atoms with Crippen LogP contribution in [0.25, 0.3) is 0 Å². The summed E-state index contributed by atoms with van der Waals surface area (Å²) in [5.74, 6) is -0.349. The molecule has 0 aliphatic heterocycles. The molecular weight excluding hydrogens is 443 g/mol. The Hall–Kier alpha value is -3.39. The number of para-hydroxylation sites is 1. The molecule has 0 unspecified atom stereocenters. The molecule has 0 heterocycles. The first kappa shape index (κ1) is 24.3. The molecule has 1 amide bonds. The van der Waals surface area contributed by atoms with Gasteiger partial charge in [0.2, 0.25) is 0 Å². The maximum absolute atomic E-state index is 13.1. The van der Waals surface area contributed by atoms with E-state index in [4.69, 9.17) is 4.74 Å². The lowest BCUT2D eigenvalue weighted by molar-refractivity contribution is -0.118. The number of aryl methyl sites for hydroxylation is 2. The van der Waals surface area contributed by atoms with E-state index in [-0.39, 0.29) is 17.4 Å². The number of anilines is 2. The molecule has 0 aliphatic rings. The number of nitrogens with zero attached hydrogens (tertiary/aromatic N) is 1. The van der Waals surface area contributed by atoms with Crippen molar-refractivity contribution in [2.75, 3.05) is 23.3 Å². The monoisotopic (exact) mass is 470 g/mol. The van der Waals surface area contributed by atoms with Gasteiger partial charge in [0.05, 0.1) is 10.6 Å². The predicted octanol–water partition coefficient (Wildman–Crippen LogP) is 4.79. The van der Waals surface area contributed by atoms with E-state index in [0.29, 0.717) is 11.4 Å². The molecule has 3 aromatic rings. The molecule has 1 N–H and O–H groups in total. The Morgan fingerprint density at radius 2 is 1.52 bits per heavy atom. The number of sulfonamides is 1. The van der Waals surface area contributed by atoms with Gasteiger partial charge >= 0.3 is 0 Å². The fourth-order valence-electron chi connectivity index (χ4n) is 3.38. The number of carbonyl (C=O) groups is 1. The van der Waals surface area contributed by atoms with Crippen LogP contribution in [0.3, 0.4) is 0 Å². The van der Waals surface area contributed by atoms with E-state index in [0.717, 1.165) is 46.1 Å². The van der Waals surface area contributed by atoms with Crippen LogP contribution in [0.1, 0.15) is 25.0 Å². The Morgan fingerprint density at radius 3 is 2.06 bits per heavy atom. The zero-order valence-corrected chi connectivity index (χ0v) is 19.7. The number of halogens is 1. The molecular formula is C25H27FN2O4S. The van der Waals surface area contributed by atoms with Gasteiger partial charge < -0.3 is 10.1 Å². The Bertz CT molecular complexity index is 1190. The average molecular weight is 471 g/mol. The number of carbonyl (C=O) groups excluding carboxylic acids is 1. The molecule has 0 aromatic heterocycles. The zero-order valence-electron chi connectivity index (χ0n) is 18.8. The van der Waals surface area contributed by atoms with Crippen LogP contribution >= 0.6 is 0 Å². The molecule has 0 atom stereocenters. The Morgan fingerprint density at radius 1 is 0.939 bits per heavy atom. The maximum atomic E-state index is 13.1. The molecule has 8 heteroatoms. The third kappa shape index (κ3) is 5.70. The molecule has 3 rings (SSSR count). The number of nitrogens with one attached hydrogen (secondary N) is 1. The highest BCUT2D eigenvalue weighted by molar-refractivity contribution is 7.92. The summed E-state index contributed by atoms with van der Waals surface area (Å²) in [6.07, 6.45) is 1.61. The summed E-state index contributed by atoms with van der Waals surface area (Å²) in [5.41, 5.74) is 3.37. The van der Waals surface area contributed by atoms with E-state index in [9.17, 15) is 17.6 Å². The van der Waals surface area contributed by atoms with E-state index >= 15 is 0 Å². The molecule has 0 saturated heterocycles. The van der Waals surface area contributed by atoms with Gasteiger partial charge in [-0.15, -0.1) is 0 Å². The molecule has 0 aliphatic carbocycles. The summed E-state index contributed by atoms with van der Waals surface area (Å²) in [6.45, 7) is 3.90. The van der Waals surface area contributed by atoms with E-state index in [1.165, 1.54) is 19.2 Å². The molecule has 33 heavy (non-hydrogen) atoms. The van der Waals surface area contributed by atoms with Gasteiger partial charge in [-0.05, 0) is 72.5 Å². The lowest BCUT2D eigenvalue weighted by Crippen LogP contribution is -2.26. The van der Waals surface area contributed by atoms with Gasteiger partial charge in [-0.3, -0.25) is 9.10 Å².